The molecule has 0 saturated carbocycles. The molecule has 0 spiro atoms. The molecule has 158 valence electrons. The van der Waals surface area contributed by atoms with Gasteiger partial charge in [0.15, 0.2) is 5.96 Å². The Balaban J connectivity index is 0.00000280. The van der Waals surface area contributed by atoms with Crippen LogP contribution in [0.25, 0.3) is 0 Å². The lowest BCUT2D eigenvalue weighted by atomic mass is 10.0. The van der Waals surface area contributed by atoms with Crippen molar-refractivity contribution >= 4 is 29.9 Å². The van der Waals surface area contributed by atoms with Crippen molar-refractivity contribution in [3.63, 3.8) is 0 Å². The highest BCUT2D eigenvalue weighted by atomic mass is 127. The van der Waals surface area contributed by atoms with E-state index >= 15 is 0 Å². The summed E-state index contributed by atoms with van der Waals surface area (Å²) in [5, 5.41) is 6.79. The minimum atomic E-state index is -0.0669. The second-order valence-electron chi connectivity index (χ2n) is 8.08. The Labute approximate surface area is 187 Å². The average Bonchev–Trinajstić information content (AvgIpc) is 3.12. The van der Waals surface area contributed by atoms with E-state index in [1.165, 1.54) is 11.1 Å². The van der Waals surface area contributed by atoms with E-state index in [0.717, 1.165) is 71.2 Å². The van der Waals surface area contributed by atoms with Crippen LogP contribution in [0, 0.1) is 0 Å². The summed E-state index contributed by atoms with van der Waals surface area (Å²) in [5.41, 5.74) is 2.59. The van der Waals surface area contributed by atoms with E-state index in [4.69, 9.17) is 4.74 Å². The van der Waals surface area contributed by atoms with E-state index in [0.29, 0.717) is 0 Å². The highest BCUT2D eigenvalue weighted by molar-refractivity contribution is 14.0. The Kier molecular flexibility index (Phi) is 9.46. The highest BCUT2D eigenvalue weighted by Gasteiger charge is 2.29. The third kappa shape index (κ3) is 7.17. The Morgan fingerprint density at radius 3 is 2.39 bits per heavy atom. The van der Waals surface area contributed by atoms with Crippen molar-refractivity contribution < 1.29 is 4.74 Å². The van der Waals surface area contributed by atoms with Gasteiger partial charge in [-0.25, -0.2) is 0 Å². The van der Waals surface area contributed by atoms with Gasteiger partial charge < -0.3 is 20.3 Å². The number of rotatable bonds is 6. The number of piperazine rings is 1. The fraction of sp³-hybridized carbons (Fsp3) is 0.667. The normalized spacial score (nSPS) is 24.0. The van der Waals surface area contributed by atoms with Crippen molar-refractivity contribution in [3.8, 4) is 0 Å². The molecular weight excluding hydrogens is 465 g/mol. The zero-order valence-corrected chi connectivity index (χ0v) is 19.9. The maximum atomic E-state index is 5.83. The Hall–Kier alpha value is -0.900. The molecule has 2 fully saturated rings. The van der Waals surface area contributed by atoms with Gasteiger partial charge in [-0.15, -0.1) is 24.0 Å². The molecule has 2 N–H and O–H groups in total. The molecule has 1 unspecified atom stereocenters. The van der Waals surface area contributed by atoms with Crippen LogP contribution in [0.1, 0.15) is 30.9 Å². The number of hydrogen-bond acceptors (Lipinski definition) is 4. The van der Waals surface area contributed by atoms with Gasteiger partial charge in [0.2, 0.25) is 0 Å². The molecule has 2 aliphatic rings. The topological polar surface area (TPSA) is 52.1 Å². The third-order valence-electron chi connectivity index (χ3n) is 5.64. The Morgan fingerprint density at radius 2 is 1.79 bits per heavy atom. The molecule has 2 aliphatic heterocycles. The van der Waals surface area contributed by atoms with Crippen LogP contribution in [-0.2, 0) is 17.8 Å². The molecule has 7 heteroatoms. The summed E-state index contributed by atoms with van der Waals surface area (Å²) >= 11 is 0. The van der Waals surface area contributed by atoms with Crippen LogP contribution in [0.4, 0.5) is 0 Å². The van der Waals surface area contributed by atoms with Crippen LogP contribution in [0.2, 0.25) is 0 Å². The summed E-state index contributed by atoms with van der Waals surface area (Å²) < 4.78 is 5.83. The van der Waals surface area contributed by atoms with Gasteiger partial charge in [0.1, 0.15) is 0 Å². The lowest BCUT2D eigenvalue weighted by molar-refractivity contribution is 0.0243. The van der Waals surface area contributed by atoms with E-state index in [9.17, 15) is 0 Å². The van der Waals surface area contributed by atoms with Gasteiger partial charge >= 0.3 is 0 Å². The van der Waals surface area contributed by atoms with E-state index in [-0.39, 0.29) is 29.6 Å². The lowest BCUT2D eigenvalue weighted by Gasteiger charge is -2.32. The average molecular weight is 501 g/mol. The number of nitrogens with zero attached hydrogens (tertiary/aromatic N) is 3. The Bertz CT molecular complexity index is 608. The van der Waals surface area contributed by atoms with Crippen LogP contribution in [0.3, 0.4) is 0 Å². The van der Waals surface area contributed by atoms with Gasteiger partial charge in [-0.05, 0) is 37.9 Å². The number of nitrogens with one attached hydrogen (secondary N) is 2. The highest BCUT2D eigenvalue weighted by Crippen LogP contribution is 2.23. The second-order valence-corrected chi connectivity index (χ2v) is 8.08. The number of guanidine groups is 1. The molecule has 6 nitrogen and oxygen atoms in total. The van der Waals surface area contributed by atoms with E-state index in [1.807, 2.05) is 7.05 Å². The van der Waals surface area contributed by atoms with Crippen LogP contribution in [0.5, 0.6) is 0 Å². The molecule has 3 rings (SSSR count). The van der Waals surface area contributed by atoms with Crippen LogP contribution < -0.4 is 10.6 Å². The van der Waals surface area contributed by atoms with Crippen molar-refractivity contribution in [1.29, 1.82) is 0 Å². The lowest BCUT2D eigenvalue weighted by Crippen LogP contribution is -2.45. The third-order valence-corrected chi connectivity index (χ3v) is 5.64. The molecule has 1 aromatic carbocycles. The maximum absolute atomic E-state index is 5.83. The fourth-order valence-electron chi connectivity index (χ4n) is 3.68. The Morgan fingerprint density at radius 1 is 1.11 bits per heavy atom. The van der Waals surface area contributed by atoms with Crippen LogP contribution in [0.15, 0.2) is 29.3 Å². The number of halogens is 1. The fourth-order valence-corrected chi connectivity index (χ4v) is 3.68. The summed E-state index contributed by atoms with van der Waals surface area (Å²) in [6.07, 6.45) is 2.25. The number of benzene rings is 1. The standard InChI is InChI=1S/C21H35N5O.HI/c1-21(9-4-14-27-21)17-24-20(22-2)23-15-18-5-7-19(8-6-18)16-26-12-10-25(3)11-13-26;/h5-8H,4,9-17H2,1-3H3,(H2,22,23,24);1H. The zero-order chi connectivity index (χ0) is 19.1. The van der Waals surface area contributed by atoms with Crippen molar-refractivity contribution in [2.45, 2.75) is 38.5 Å². The summed E-state index contributed by atoms with van der Waals surface area (Å²) in [6.45, 7) is 10.3. The zero-order valence-electron chi connectivity index (χ0n) is 17.5. The number of ether oxygens (including phenoxy) is 1. The summed E-state index contributed by atoms with van der Waals surface area (Å²) in [6, 6.07) is 8.93. The molecule has 1 aromatic rings. The van der Waals surface area contributed by atoms with Gasteiger partial charge in [0.05, 0.1) is 5.60 Å². The van der Waals surface area contributed by atoms with Gasteiger partial charge in [-0.3, -0.25) is 9.89 Å². The minimum absolute atomic E-state index is 0. The second kappa shape index (κ2) is 11.3. The molecular formula is C21H36IN5O. The first-order valence-corrected chi connectivity index (χ1v) is 10.1. The smallest absolute Gasteiger partial charge is 0.191 e. The molecule has 1 atom stereocenters. The molecule has 0 radical (unpaired) electrons. The van der Waals surface area contributed by atoms with Crippen molar-refractivity contribution in [2.75, 3.05) is 53.4 Å². The van der Waals surface area contributed by atoms with Crippen LogP contribution in [-0.4, -0.2) is 74.8 Å². The molecule has 0 bridgehead atoms. The first kappa shape index (κ1) is 23.4. The number of likely N-dealkylation sites (N-methyl/N-ethyl adjacent to an activating group) is 1. The van der Waals surface area contributed by atoms with E-state index in [1.54, 1.807) is 0 Å². The van der Waals surface area contributed by atoms with Crippen molar-refractivity contribution in [2.24, 2.45) is 4.99 Å². The van der Waals surface area contributed by atoms with E-state index < -0.39 is 0 Å². The minimum Gasteiger partial charge on any atom is -0.373 e. The van der Waals surface area contributed by atoms with Gasteiger partial charge in [-0.1, -0.05) is 24.3 Å². The first-order chi connectivity index (χ1) is 13.1. The first-order valence-electron chi connectivity index (χ1n) is 10.1. The molecule has 0 aromatic heterocycles. The quantitative estimate of drug-likeness (QED) is 0.356. The monoisotopic (exact) mass is 501 g/mol. The summed E-state index contributed by atoms with van der Waals surface area (Å²) in [7, 11) is 4.01. The van der Waals surface area contributed by atoms with Gasteiger partial charge in [0.25, 0.3) is 0 Å². The van der Waals surface area contributed by atoms with Gasteiger partial charge in [0, 0.05) is 59.5 Å². The van der Waals surface area contributed by atoms with Crippen LogP contribution >= 0.6 is 24.0 Å². The SMILES string of the molecule is CN=C(NCc1ccc(CN2CCN(C)CC2)cc1)NCC1(C)CCCO1.I. The molecule has 0 amide bonds. The van der Waals surface area contributed by atoms with Crippen molar-refractivity contribution in [1.82, 2.24) is 20.4 Å². The number of hydrogen-bond donors (Lipinski definition) is 2. The largest absolute Gasteiger partial charge is 0.373 e. The van der Waals surface area contributed by atoms with Gasteiger partial charge in [-0.2, -0.15) is 0 Å². The summed E-state index contributed by atoms with van der Waals surface area (Å²) in [4.78, 5) is 9.25. The summed E-state index contributed by atoms with van der Waals surface area (Å²) in [5.74, 6) is 0.827. The predicted molar refractivity (Wildman–Crippen MR) is 126 cm³/mol. The predicted octanol–water partition coefficient (Wildman–Crippen LogP) is 2.29. The number of aliphatic imine (C=N–C) groups is 1. The van der Waals surface area contributed by atoms with E-state index in [2.05, 4.69) is 63.7 Å². The molecule has 0 aliphatic carbocycles. The molecule has 28 heavy (non-hydrogen) atoms. The molecule has 2 heterocycles. The molecule has 2 saturated heterocycles. The van der Waals surface area contributed by atoms with Crippen molar-refractivity contribution in [3.05, 3.63) is 35.4 Å². The maximum Gasteiger partial charge on any atom is 0.191 e.